The quantitative estimate of drug-likeness (QED) is 0.328. The van der Waals surface area contributed by atoms with E-state index < -0.39 is 5.97 Å². The van der Waals surface area contributed by atoms with Gasteiger partial charge in [-0.25, -0.2) is 4.79 Å². The fourth-order valence-corrected chi connectivity index (χ4v) is 3.62. The third kappa shape index (κ3) is 4.33. The molecular formula is C24H18Cl2N2O4. The summed E-state index contributed by atoms with van der Waals surface area (Å²) in [7, 11) is 0. The van der Waals surface area contributed by atoms with Gasteiger partial charge in [0.15, 0.2) is 0 Å². The van der Waals surface area contributed by atoms with E-state index in [4.69, 9.17) is 32.4 Å². The third-order valence-electron chi connectivity index (χ3n) is 4.77. The normalized spacial score (nSPS) is 14.8. The van der Waals surface area contributed by atoms with Crippen LogP contribution in [0.5, 0.6) is 0 Å². The first-order valence-electron chi connectivity index (χ1n) is 9.81. The third-order valence-corrected chi connectivity index (χ3v) is 5.34. The van der Waals surface area contributed by atoms with Gasteiger partial charge in [-0.3, -0.25) is 4.79 Å². The zero-order valence-corrected chi connectivity index (χ0v) is 18.8. The fourth-order valence-electron chi connectivity index (χ4n) is 3.24. The smallest absolute Gasteiger partial charge is 0.339 e. The standard InChI is InChI=1S/C24H18Cl2N2O4/c1-3-31-24(30)20-11-15(7-9-21(20)26)22-10-8-18(32-22)13-19-14(2)27-28(23(19)29)17-6-4-5-16(25)12-17/h4-13H,3H2,1-2H3. The van der Waals surface area contributed by atoms with Gasteiger partial charge in [-0.05, 0) is 68.5 Å². The van der Waals surface area contributed by atoms with Crippen LogP contribution in [0.4, 0.5) is 5.69 Å². The molecule has 1 aromatic heterocycles. The van der Waals surface area contributed by atoms with Crippen LogP contribution in [0.25, 0.3) is 17.4 Å². The molecule has 1 amide bonds. The Hall–Kier alpha value is -3.35. The van der Waals surface area contributed by atoms with Gasteiger partial charge in [0.25, 0.3) is 5.91 Å². The first-order valence-corrected chi connectivity index (χ1v) is 10.6. The van der Waals surface area contributed by atoms with E-state index in [0.717, 1.165) is 0 Å². The van der Waals surface area contributed by atoms with Gasteiger partial charge in [-0.15, -0.1) is 0 Å². The van der Waals surface area contributed by atoms with Crippen molar-refractivity contribution < 1.29 is 18.7 Å². The Morgan fingerprint density at radius 3 is 2.72 bits per heavy atom. The Kier molecular flexibility index (Phi) is 6.17. The molecule has 0 atom stereocenters. The summed E-state index contributed by atoms with van der Waals surface area (Å²) in [5, 5.41) is 6.47. The average molecular weight is 469 g/mol. The van der Waals surface area contributed by atoms with Crippen LogP contribution in [0.2, 0.25) is 10.0 Å². The summed E-state index contributed by atoms with van der Waals surface area (Å²) in [6, 6.07) is 15.4. The van der Waals surface area contributed by atoms with Crippen molar-refractivity contribution >= 4 is 52.6 Å². The second kappa shape index (κ2) is 9.02. The van der Waals surface area contributed by atoms with E-state index in [9.17, 15) is 9.59 Å². The largest absolute Gasteiger partial charge is 0.462 e. The summed E-state index contributed by atoms with van der Waals surface area (Å²) in [6.45, 7) is 3.73. The van der Waals surface area contributed by atoms with Crippen molar-refractivity contribution in [2.45, 2.75) is 13.8 Å². The number of anilines is 1. The Bertz CT molecular complexity index is 1280. The van der Waals surface area contributed by atoms with Crippen molar-refractivity contribution in [1.82, 2.24) is 0 Å². The van der Waals surface area contributed by atoms with Gasteiger partial charge in [-0.1, -0.05) is 29.3 Å². The highest BCUT2D eigenvalue weighted by Crippen LogP contribution is 2.30. The number of furan rings is 1. The van der Waals surface area contributed by atoms with E-state index in [0.29, 0.717) is 44.1 Å². The molecule has 3 aromatic rings. The Balaban J connectivity index is 1.61. The van der Waals surface area contributed by atoms with Crippen molar-refractivity contribution in [3.8, 4) is 11.3 Å². The minimum Gasteiger partial charge on any atom is -0.462 e. The summed E-state index contributed by atoms with van der Waals surface area (Å²) in [6.07, 6.45) is 1.64. The molecule has 4 rings (SSSR count). The molecule has 0 bridgehead atoms. The zero-order valence-electron chi connectivity index (χ0n) is 17.3. The number of nitrogens with zero attached hydrogens (tertiary/aromatic N) is 2. The predicted molar refractivity (Wildman–Crippen MR) is 125 cm³/mol. The maximum Gasteiger partial charge on any atom is 0.339 e. The van der Waals surface area contributed by atoms with E-state index in [-0.39, 0.29) is 18.1 Å². The number of amides is 1. The summed E-state index contributed by atoms with van der Waals surface area (Å²) < 4.78 is 10.9. The van der Waals surface area contributed by atoms with Crippen molar-refractivity contribution in [3.05, 3.63) is 81.5 Å². The van der Waals surface area contributed by atoms with Crippen LogP contribution in [0.1, 0.15) is 30.0 Å². The molecule has 0 saturated carbocycles. The van der Waals surface area contributed by atoms with E-state index in [1.165, 1.54) is 5.01 Å². The number of rotatable bonds is 5. The van der Waals surface area contributed by atoms with Gasteiger partial charge in [0.05, 0.1) is 34.2 Å². The molecule has 2 aromatic carbocycles. The van der Waals surface area contributed by atoms with Gasteiger partial charge in [-0.2, -0.15) is 10.1 Å². The maximum absolute atomic E-state index is 12.9. The lowest BCUT2D eigenvalue weighted by Crippen LogP contribution is -2.21. The monoisotopic (exact) mass is 468 g/mol. The summed E-state index contributed by atoms with van der Waals surface area (Å²) >= 11 is 12.2. The maximum atomic E-state index is 12.9. The van der Waals surface area contributed by atoms with Crippen molar-refractivity contribution in [2.24, 2.45) is 5.10 Å². The number of ether oxygens (including phenoxy) is 1. The number of hydrogen-bond donors (Lipinski definition) is 0. The number of hydrazone groups is 1. The number of benzene rings is 2. The molecule has 32 heavy (non-hydrogen) atoms. The minimum absolute atomic E-state index is 0.249. The lowest BCUT2D eigenvalue weighted by molar-refractivity contribution is -0.114. The second-order valence-electron chi connectivity index (χ2n) is 6.96. The average Bonchev–Trinajstić information content (AvgIpc) is 3.34. The Morgan fingerprint density at radius 1 is 1.16 bits per heavy atom. The minimum atomic E-state index is -0.502. The van der Waals surface area contributed by atoms with Crippen molar-refractivity contribution in [1.29, 1.82) is 0 Å². The van der Waals surface area contributed by atoms with E-state index in [1.807, 2.05) is 0 Å². The fraction of sp³-hybridized carbons (Fsp3) is 0.125. The van der Waals surface area contributed by atoms with Gasteiger partial charge in [0, 0.05) is 10.6 Å². The number of esters is 1. The molecule has 162 valence electrons. The number of carbonyl (C=O) groups is 2. The molecule has 1 aliphatic rings. The lowest BCUT2D eigenvalue weighted by Gasteiger charge is -2.11. The summed E-state index contributed by atoms with van der Waals surface area (Å²) in [5.74, 6) is 0.209. The molecule has 2 heterocycles. The molecule has 1 aliphatic heterocycles. The molecule has 0 radical (unpaired) electrons. The lowest BCUT2D eigenvalue weighted by atomic mass is 10.1. The van der Waals surface area contributed by atoms with E-state index in [2.05, 4.69) is 5.10 Å². The van der Waals surface area contributed by atoms with Crippen molar-refractivity contribution in [2.75, 3.05) is 11.6 Å². The molecule has 0 saturated heterocycles. The van der Waals surface area contributed by atoms with Crippen LogP contribution in [0.15, 0.2) is 69.7 Å². The molecule has 0 aliphatic carbocycles. The molecule has 0 N–H and O–H groups in total. The first-order chi connectivity index (χ1) is 15.4. The molecule has 6 nitrogen and oxygen atoms in total. The second-order valence-corrected chi connectivity index (χ2v) is 7.80. The van der Waals surface area contributed by atoms with E-state index in [1.54, 1.807) is 74.5 Å². The summed E-state index contributed by atoms with van der Waals surface area (Å²) in [4.78, 5) is 25.0. The van der Waals surface area contributed by atoms with Crippen LogP contribution in [-0.2, 0) is 9.53 Å². The van der Waals surface area contributed by atoms with Crippen LogP contribution in [-0.4, -0.2) is 24.2 Å². The molecular weight excluding hydrogens is 451 g/mol. The number of halogens is 2. The van der Waals surface area contributed by atoms with Crippen LogP contribution in [0.3, 0.4) is 0 Å². The van der Waals surface area contributed by atoms with Gasteiger partial charge in [0.1, 0.15) is 11.5 Å². The summed E-state index contributed by atoms with van der Waals surface area (Å²) in [5.41, 5.74) is 2.47. The SMILES string of the molecule is CCOC(=O)c1cc(-c2ccc(C=C3C(=O)N(c4cccc(Cl)c4)N=C3C)o2)ccc1Cl. The van der Waals surface area contributed by atoms with Gasteiger partial charge < -0.3 is 9.15 Å². The van der Waals surface area contributed by atoms with Crippen molar-refractivity contribution in [3.63, 3.8) is 0 Å². The van der Waals surface area contributed by atoms with Gasteiger partial charge >= 0.3 is 5.97 Å². The zero-order chi connectivity index (χ0) is 22.8. The molecule has 8 heteroatoms. The van der Waals surface area contributed by atoms with Crippen LogP contribution >= 0.6 is 23.2 Å². The molecule has 0 unspecified atom stereocenters. The highest BCUT2D eigenvalue weighted by Gasteiger charge is 2.29. The topological polar surface area (TPSA) is 72.1 Å². The van der Waals surface area contributed by atoms with Crippen LogP contribution in [0, 0.1) is 0 Å². The van der Waals surface area contributed by atoms with E-state index >= 15 is 0 Å². The molecule has 0 fully saturated rings. The number of carbonyl (C=O) groups excluding carboxylic acids is 2. The number of hydrogen-bond acceptors (Lipinski definition) is 5. The highest BCUT2D eigenvalue weighted by atomic mass is 35.5. The predicted octanol–water partition coefficient (Wildman–Crippen LogP) is 6.24. The Labute approximate surface area is 194 Å². The van der Waals surface area contributed by atoms with Crippen LogP contribution < -0.4 is 5.01 Å². The van der Waals surface area contributed by atoms with Gasteiger partial charge in [0.2, 0.25) is 0 Å². The molecule has 0 spiro atoms. The highest BCUT2D eigenvalue weighted by molar-refractivity contribution is 6.34. The Morgan fingerprint density at radius 2 is 1.97 bits per heavy atom. The first kappa shape index (κ1) is 21.9.